The monoisotopic (exact) mass is 254 g/mol. The van der Waals surface area contributed by atoms with E-state index in [0.717, 1.165) is 5.56 Å². The van der Waals surface area contributed by atoms with Gasteiger partial charge in [0, 0.05) is 10.7 Å². The number of carbonyl (C=O) groups is 1. The molecule has 4 heteroatoms. The van der Waals surface area contributed by atoms with Crippen molar-refractivity contribution in [3.8, 4) is 0 Å². The zero-order valence-electron chi connectivity index (χ0n) is 10.7. The number of hydrogen-bond donors (Lipinski definition) is 2. The first-order valence-electron chi connectivity index (χ1n) is 5.54. The minimum absolute atomic E-state index is 0.192. The Morgan fingerprint density at radius 2 is 2.00 bits per heavy atom. The molecule has 0 radical (unpaired) electrons. The van der Waals surface area contributed by atoms with Crippen molar-refractivity contribution in [3.63, 3.8) is 0 Å². The minimum atomic E-state index is -0.555. The van der Waals surface area contributed by atoms with Crippen molar-refractivity contribution < 1.29 is 4.79 Å². The number of amides is 1. The van der Waals surface area contributed by atoms with Crippen LogP contribution in [-0.2, 0) is 4.79 Å². The minimum Gasteiger partial charge on any atom is -0.324 e. The van der Waals surface area contributed by atoms with Gasteiger partial charge in [-0.3, -0.25) is 4.79 Å². The SMILES string of the molecule is Cc1ccc(Cl)cc1NC(=O)C(N)C(C)(C)C. The van der Waals surface area contributed by atoms with Crippen molar-refractivity contribution in [2.75, 3.05) is 5.32 Å². The van der Waals surface area contributed by atoms with Crippen LogP contribution in [-0.4, -0.2) is 11.9 Å². The van der Waals surface area contributed by atoms with Crippen LogP contribution in [0, 0.1) is 12.3 Å². The molecule has 0 bridgehead atoms. The zero-order valence-corrected chi connectivity index (χ0v) is 11.4. The third kappa shape index (κ3) is 3.72. The average molecular weight is 255 g/mol. The summed E-state index contributed by atoms with van der Waals surface area (Å²) in [6, 6.07) is 4.82. The Bertz CT molecular complexity index is 424. The first-order valence-corrected chi connectivity index (χ1v) is 5.92. The predicted octanol–water partition coefficient (Wildman–Crippen LogP) is 2.96. The van der Waals surface area contributed by atoms with Gasteiger partial charge in [-0.2, -0.15) is 0 Å². The molecule has 3 N–H and O–H groups in total. The molecule has 0 heterocycles. The average Bonchev–Trinajstić information content (AvgIpc) is 2.21. The maximum Gasteiger partial charge on any atom is 0.241 e. The molecule has 1 rings (SSSR count). The molecule has 0 aliphatic carbocycles. The molecule has 0 aromatic heterocycles. The number of nitrogens with two attached hydrogens (primary N) is 1. The van der Waals surface area contributed by atoms with E-state index in [1.165, 1.54) is 0 Å². The van der Waals surface area contributed by atoms with E-state index in [4.69, 9.17) is 17.3 Å². The number of carbonyl (C=O) groups excluding carboxylic acids is 1. The maximum absolute atomic E-state index is 11.9. The molecule has 1 aromatic carbocycles. The Kier molecular flexibility index (Phi) is 4.17. The molecule has 1 aromatic rings. The van der Waals surface area contributed by atoms with Crippen molar-refractivity contribution >= 4 is 23.2 Å². The zero-order chi connectivity index (χ0) is 13.2. The van der Waals surface area contributed by atoms with Crippen molar-refractivity contribution in [3.05, 3.63) is 28.8 Å². The van der Waals surface area contributed by atoms with E-state index in [1.54, 1.807) is 12.1 Å². The number of nitrogens with one attached hydrogen (secondary N) is 1. The molecule has 0 fully saturated rings. The van der Waals surface area contributed by atoms with Crippen LogP contribution in [0.1, 0.15) is 26.3 Å². The first-order chi connectivity index (χ1) is 7.71. The normalized spacial score (nSPS) is 13.3. The lowest BCUT2D eigenvalue weighted by Crippen LogP contribution is -2.45. The van der Waals surface area contributed by atoms with Crippen molar-refractivity contribution in [2.24, 2.45) is 11.1 Å². The molecule has 0 saturated carbocycles. The van der Waals surface area contributed by atoms with Crippen LogP contribution in [0.25, 0.3) is 0 Å². The molecule has 94 valence electrons. The summed E-state index contributed by atoms with van der Waals surface area (Å²) in [5.41, 5.74) is 7.29. The fourth-order valence-electron chi connectivity index (χ4n) is 1.33. The highest BCUT2D eigenvalue weighted by atomic mass is 35.5. The summed E-state index contributed by atoms with van der Waals surface area (Å²) < 4.78 is 0. The van der Waals surface area contributed by atoms with E-state index >= 15 is 0 Å². The molecule has 1 unspecified atom stereocenters. The van der Waals surface area contributed by atoms with E-state index in [0.29, 0.717) is 10.7 Å². The van der Waals surface area contributed by atoms with Crippen LogP contribution in [0.3, 0.4) is 0 Å². The highest BCUT2D eigenvalue weighted by molar-refractivity contribution is 6.31. The third-order valence-corrected chi connectivity index (χ3v) is 2.91. The number of rotatable bonds is 2. The van der Waals surface area contributed by atoms with Gasteiger partial charge >= 0.3 is 0 Å². The van der Waals surface area contributed by atoms with E-state index < -0.39 is 6.04 Å². The lowest BCUT2D eigenvalue weighted by atomic mass is 9.87. The van der Waals surface area contributed by atoms with Gasteiger partial charge in [-0.05, 0) is 30.0 Å². The van der Waals surface area contributed by atoms with Crippen molar-refractivity contribution in [2.45, 2.75) is 33.7 Å². The Hall–Kier alpha value is -1.06. The topological polar surface area (TPSA) is 55.1 Å². The highest BCUT2D eigenvalue weighted by Crippen LogP contribution is 2.22. The lowest BCUT2D eigenvalue weighted by Gasteiger charge is -2.26. The summed E-state index contributed by atoms with van der Waals surface area (Å²) in [6.45, 7) is 7.71. The number of anilines is 1. The number of hydrogen-bond acceptors (Lipinski definition) is 2. The molecular formula is C13H19ClN2O. The summed E-state index contributed by atoms with van der Waals surface area (Å²) in [5, 5.41) is 3.40. The van der Waals surface area contributed by atoms with Crippen LogP contribution in [0.4, 0.5) is 5.69 Å². The molecule has 17 heavy (non-hydrogen) atoms. The molecule has 3 nitrogen and oxygen atoms in total. The Balaban J connectivity index is 2.85. The van der Waals surface area contributed by atoms with Gasteiger partial charge in [-0.1, -0.05) is 38.4 Å². The summed E-state index contributed by atoms with van der Waals surface area (Å²) in [6.07, 6.45) is 0. The quantitative estimate of drug-likeness (QED) is 0.853. The fourth-order valence-corrected chi connectivity index (χ4v) is 1.50. The Morgan fingerprint density at radius 1 is 1.41 bits per heavy atom. The van der Waals surface area contributed by atoms with Crippen molar-refractivity contribution in [1.82, 2.24) is 0 Å². The van der Waals surface area contributed by atoms with Crippen molar-refractivity contribution in [1.29, 1.82) is 0 Å². The highest BCUT2D eigenvalue weighted by Gasteiger charge is 2.27. The van der Waals surface area contributed by atoms with Gasteiger partial charge in [0.25, 0.3) is 0 Å². The van der Waals surface area contributed by atoms with Gasteiger partial charge in [-0.15, -0.1) is 0 Å². The van der Waals surface area contributed by atoms with Gasteiger partial charge in [0.2, 0.25) is 5.91 Å². The molecule has 0 aliphatic rings. The van der Waals surface area contributed by atoms with Gasteiger partial charge < -0.3 is 11.1 Å². The van der Waals surface area contributed by atoms with E-state index in [-0.39, 0.29) is 11.3 Å². The third-order valence-electron chi connectivity index (χ3n) is 2.67. The Labute approximate surface area is 107 Å². The molecule has 1 amide bonds. The molecular weight excluding hydrogens is 236 g/mol. The number of aryl methyl sites for hydroxylation is 1. The van der Waals surface area contributed by atoms with Gasteiger partial charge in [0.05, 0.1) is 6.04 Å². The summed E-state index contributed by atoms with van der Waals surface area (Å²) >= 11 is 5.89. The fraction of sp³-hybridized carbons (Fsp3) is 0.462. The number of benzene rings is 1. The van der Waals surface area contributed by atoms with Crippen LogP contribution in [0.2, 0.25) is 5.02 Å². The van der Waals surface area contributed by atoms with Crippen LogP contribution in [0.5, 0.6) is 0 Å². The van der Waals surface area contributed by atoms with Crippen LogP contribution >= 0.6 is 11.6 Å². The smallest absolute Gasteiger partial charge is 0.241 e. The number of halogens is 1. The first kappa shape index (κ1) is 14.0. The predicted molar refractivity (Wildman–Crippen MR) is 72.2 cm³/mol. The van der Waals surface area contributed by atoms with E-state index in [1.807, 2.05) is 33.8 Å². The lowest BCUT2D eigenvalue weighted by molar-refractivity contribution is -0.119. The molecule has 0 spiro atoms. The summed E-state index contributed by atoms with van der Waals surface area (Å²) in [4.78, 5) is 11.9. The van der Waals surface area contributed by atoms with Gasteiger partial charge in [-0.25, -0.2) is 0 Å². The largest absolute Gasteiger partial charge is 0.324 e. The van der Waals surface area contributed by atoms with E-state index in [2.05, 4.69) is 5.32 Å². The standard InChI is InChI=1S/C13H19ClN2O/c1-8-5-6-9(14)7-10(8)16-12(17)11(15)13(2,3)4/h5-7,11H,15H2,1-4H3,(H,16,17). The van der Waals surface area contributed by atoms with Gasteiger partial charge in [0.15, 0.2) is 0 Å². The maximum atomic E-state index is 11.9. The van der Waals surface area contributed by atoms with Crippen LogP contribution in [0.15, 0.2) is 18.2 Å². The summed E-state index contributed by atoms with van der Waals surface area (Å²) in [5.74, 6) is -0.192. The van der Waals surface area contributed by atoms with Gasteiger partial charge in [0.1, 0.15) is 0 Å². The van der Waals surface area contributed by atoms with Crippen LogP contribution < -0.4 is 11.1 Å². The second-order valence-corrected chi connectivity index (χ2v) is 5.73. The summed E-state index contributed by atoms with van der Waals surface area (Å²) in [7, 11) is 0. The second-order valence-electron chi connectivity index (χ2n) is 5.29. The molecule has 0 aliphatic heterocycles. The van der Waals surface area contributed by atoms with E-state index in [9.17, 15) is 4.79 Å². The molecule has 1 atom stereocenters. The Morgan fingerprint density at radius 3 is 2.53 bits per heavy atom. The molecule has 0 saturated heterocycles. The second kappa shape index (κ2) is 5.07.